The number of methoxy groups -OCH3 is 1. The molecule has 0 spiro atoms. The summed E-state index contributed by atoms with van der Waals surface area (Å²) >= 11 is 0. The highest BCUT2D eigenvalue weighted by atomic mass is 16.7. The number of benzene rings is 1. The third kappa shape index (κ3) is 3.23. The molecule has 2 N–H and O–H groups in total. The summed E-state index contributed by atoms with van der Waals surface area (Å²) in [6.07, 6.45) is 1.34. The summed E-state index contributed by atoms with van der Waals surface area (Å²) < 4.78 is 21.4. The van der Waals surface area contributed by atoms with Crippen molar-refractivity contribution >= 4 is 0 Å². The molecule has 0 bridgehead atoms. The summed E-state index contributed by atoms with van der Waals surface area (Å²) in [5.74, 6) is 2.03. The van der Waals surface area contributed by atoms with Gasteiger partial charge in [-0.05, 0) is 17.7 Å². The van der Waals surface area contributed by atoms with Crippen molar-refractivity contribution in [3.8, 4) is 17.2 Å². The molecule has 0 unspecified atom stereocenters. The molecule has 1 fully saturated rings. The highest BCUT2D eigenvalue weighted by Gasteiger charge is 2.29. The first-order valence-electron chi connectivity index (χ1n) is 7.17. The molecule has 1 aromatic carbocycles. The van der Waals surface area contributed by atoms with Crippen molar-refractivity contribution in [1.82, 2.24) is 5.32 Å². The van der Waals surface area contributed by atoms with Gasteiger partial charge in [-0.3, -0.25) is 0 Å². The van der Waals surface area contributed by atoms with Crippen LogP contribution in [0.25, 0.3) is 0 Å². The van der Waals surface area contributed by atoms with Gasteiger partial charge in [-0.15, -0.1) is 0 Å². The van der Waals surface area contributed by atoms with Crippen LogP contribution in [-0.2, 0) is 11.3 Å². The van der Waals surface area contributed by atoms with E-state index in [2.05, 4.69) is 5.32 Å². The van der Waals surface area contributed by atoms with Crippen molar-refractivity contribution in [3.05, 3.63) is 17.7 Å². The van der Waals surface area contributed by atoms with Crippen LogP contribution in [-0.4, -0.2) is 44.4 Å². The van der Waals surface area contributed by atoms with Crippen molar-refractivity contribution in [2.24, 2.45) is 0 Å². The molecular formula is C15H21NO5. The zero-order valence-corrected chi connectivity index (χ0v) is 12.2. The quantitative estimate of drug-likeness (QED) is 0.846. The number of aliphatic hydroxyl groups is 1. The van der Waals surface area contributed by atoms with Gasteiger partial charge >= 0.3 is 0 Å². The van der Waals surface area contributed by atoms with E-state index in [9.17, 15) is 5.11 Å². The minimum absolute atomic E-state index is 0.225. The molecule has 1 aromatic rings. The third-order valence-electron chi connectivity index (χ3n) is 3.92. The number of hydrogen-bond donors (Lipinski definition) is 2. The van der Waals surface area contributed by atoms with Gasteiger partial charge in [-0.2, -0.15) is 0 Å². The molecule has 2 aliphatic heterocycles. The monoisotopic (exact) mass is 295 g/mol. The highest BCUT2D eigenvalue weighted by Crippen LogP contribution is 2.41. The molecule has 3 rings (SSSR count). The lowest BCUT2D eigenvalue weighted by molar-refractivity contribution is -0.0617. The summed E-state index contributed by atoms with van der Waals surface area (Å²) in [6, 6.07) is 3.86. The minimum atomic E-state index is -0.668. The molecule has 0 atom stereocenters. The molecule has 116 valence electrons. The molecule has 6 heteroatoms. The predicted molar refractivity (Wildman–Crippen MR) is 75.8 cm³/mol. The molecule has 6 nitrogen and oxygen atoms in total. The molecule has 21 heavy (non-hydrogen) atoms. The van der Waals surface area contributed by atoms with Crippen molar-refractivity contribution in [1.29, 1.82) is 0 Å². The largest absolute Gasteiger partial charge is 0.493 e. The molecule has 1 saturated heterocycles. The van der Waals surface area contributed by atoms with Gasteiger partial charge in [-0.25, -0.2) is 0 Å². The Kier molecular flexibility index (Phi) is 4.19. The zero-order chi connectivity index (χ0) is 14.7. The molecule has 0 radical (unpaired) electrons. The number of rotatable bonds is 5. The van der Waals surface area contributed by atoms with Gasteiger partial charge in [0.1, 0.15) is 0 Å². The summed E-state index contributed by atoms with van der Waals surface area (Å²) in [4.78, 5) is 0. The van der Waals surface area contributed by atoms with Gasteiger partial charge in [0, 0.05) is 39.1 Å². The van der Waals surface area contributed by atoms with Crippen LogP contribution in [0.5, 0.6) is 17.2 Å². The first-order chi connectivity index (χ1) is 10.2. The second kappa shape index (κ2) is 6.09. The van der Waals surface area contributed by atoms with Crippen molar-refractivity contribution in [2.75, 3.05) is 33.7 Å². The lowest BCUT2D eigenvalue weighted by atomic mass is 9.94. The predicted octanol–water partition coefficient (Wildman–Crippen LogP) is 1.05. The minimum Gasteiger partial charge on any atom is -0.493 e. The van der Waals surface area contributed by atoms with Crippen molar-refractivity contribution < 1.29 is 24.1 Å². The second-order valence-electron chi connectivity index (χ2n) is 5.47. The fourth-order valence-electron chi connectivity index (χ4n) is 2.65. The smallest absolute Gasteiger partial charge is 0.231 e. The molecule has 0 aliphatic carbocycles. The van der Waals surface area contributed by atoms with Gasteiger partial charge in [0.05, 0.1) is 12.7 Å². The van der Waals surface area contributed by atoms with Crippen LogP contribution in [0.4, 0.5) is 0 Å². The SMILES string of the molecule is COc1cc(CNCC2(O)CCOCC2)cc2c1OCO2. The Bertz CT molecular complexity index is 499. The lowest BCUT2D eigenvalue weighted by Crippen LogP contribution is -2.44. The fraction of sp³-hybridized carbons (Fsp3) is 0.600. The van der Waals surface area contributed by atoms with Gasteiger partial charge in [0.25, 0.3) is 0 Å². The van der Waals surface area contributed by atoms with Crippen LogP contribution >= 0.6 is 0 Å². The van der Waals surface area contributed by atoms with Crippen LogP contribution in [0.1, 0.15) is 18.4 Å². The average Bonchev–Trinajstić information content (AvgIpc) is 2.95. The topological polar surface area (TPSA) is 69.2 Å². The lowest BCUT2D eigenvalue weighted by Gasteiger charge is -2.32. The fourth-order valence-corrected chi connectivity index (χ4v) is 2.65. The van der Waals surface area contributed by atoms with Crippen LogP contribution in [0.2, 0.25) is 0 Å². The molecular weight excluding hydrogens is 274 g/mol. The maximum Gasteiger partial charge on any atom is 0.231 e. The summed E-state index contributed by atoms with van der Waals surface area (Å²) in [5, 5.41) is 13.7. The van der Waals surface area contributed by atoms with Crippen molar-refractivity contribution in [3.63, 3.8) is 0 Å². The van der Waals surface area contributed by atoms with Gasteiger partial charge in [0.15, 0.2) is 11.5 Å². The van der Waals surface area contributed by atoms with Crippen LogP contribution in [0, 0.1) is 0 Å². The first kappa shape index (κ1) is 14.4. The number of nitrogens with one attached hydrogen (secondary N) is 1. The first-order valence-corrected chi connectivity index (χ1v) is 7.17. The van der Waals surface area contributed by atoms with Gasteiger partial charge < -0.3 is 29.4 Å². The van der Waals surface area contributed by atoms with E-state index < -0.39 is 5.60 Å². The molecule has 2 heterocycles. The van der Waals surface area contributed by atoms with E-state index >= 15 is 0 Å². The summed E-state index contributed by atoms with van der Waals surface area (Å²) in [5.41, 5.74) is 0.366. The van der Waals surface area contributed by atoms with Crippen LogP contribution < -0.4 is 19.5 Å². The maximum absolute atomic E-state index is 10.4. The molecule has 0 aromatic heterocycles. The normalized spacial score (nSPS) is 19.5. The van der Waals surface area contributed by atoms with E-state index in [-0.39, 0.29) is 6.79 Å². The Balaban J connectivity index is 1.60. The van der Waals surface area contributed by atoms with Gasteiger partial charge in [0.2, 0.25) is 12.5 Å². The van der Waals surface area contributed by atoms with Crippen LogP contribution in [0.3, 0.4) is 0 Å². The Hall–Kier alpha value is -1.50. The van der Waals surface area contributed by atoms with E-state index in [1.165, 1.54) is 0 Å². The Labute approximate surface area is 124 Å². The average molecular weight is 295 g/mol. The van der Waals surface area contributed by atoms with E-state index in [1.54, 1.807) is 7.11 Å². The number of ether oxygens (including phenoxy) is 4. The molecule has 0 saturated carbocycles. The Morgan fingerprint density at radius 2 is 2.10 bits per heavy atom. The summed E-state index contributed by atoms with van der Waals surface area (Å²) in [6.45, 7) is 2.65. The van der Waals surface area contributed by atoms with E-state index in [4.69, 9.17) is 18.9 Å². The van der Waals surface area contributed by atoms with Crippen molar-refractivity contribution in [2.45, 2.75) is 25.0 Å². The van der Waals surface area contributed by atoms with E-state index in [0.29, 0.717) is 56.4 Å². The molecule has 0 amide bonds. The van der Waals surface area contributed by atoms with E-state index in [1.807, 2.05) is 12.1 Å². The zero-order valence-electron chi connectivity index (χ0n) is 12.2. The van der Waals surface area contributed by atoms with E-state index in [0.717, 1.165) is 5.56 Å². The Morgan fingerprint density at radius 1 is 1.29 bits per heavy atom. The highest BCUT2D eigenvalue weighted by molar-refractivity contribution is 5.55. The standard InChI is InChI=1S/C15H21NO5/c1-18-12-6-11(7-13-14(12)21-10-20-13)8-16-9-15(17)2-4-19-5-3-15/h6-7,16-17H,2-5,8-10H2,1H3. The number of fused-ring (bicyclic) bond motifs is 1. The maximum atomic E-state index is 10.4. The second-order valence-corrected chi connectivity index (χ2v) is 5.47. The number of hydrogen-bond acceptors (Lipinski definition) is 6. The molecule has 2 aliphatic rings. The van der Waals surface area contributed by atoms with Gasteiger partial charge in [-0.1, -0.05) is 0 Å². The van der Waals surface area contributed by atoms with Crippen LogP contribution in [0.15, 0.2) is 12.1 Å². The Morgan fingerprint density at radius 3 is 2.86 bits per heavy atom. The third-order valence-corrected chi connectivity index (χ3v) is 3.92. The summed E-state index contributed by atoms with van der Waals surface area (Å²) in [7, 11) is 1.61.